The Bertz CT molecular complexity index is 530. The summed E-state index contributed by atoms with van der Waals surface area (Å²) >= 11 is 0. The van der Waals surface area contributed by atoms with Crippen LogP contribution < -0.4 is 0 Å². The smallest absolute Gasteiger partial charge is 0.181 e. The second kappa shape index (κ2) is 5.31. The van der Waals surface area contributed by atoms with Crippen LogP contribution in [-0.4, -0.2) is 17.3 Å². The molecule has 3 rings (SSSR count). The Morgan fingerprint density at radius 1 is 0.850 bits per heavy atom. The van der Waals surface area contributed by atoms with E-state index in [2.05, 4.69) is 0 Å². The van der Waals surface area contributed by atoms with Crippen molar-refractivity contribution in [2.75, 3.05) is 0 Å². The van der Waals surface area contributed by atoms with Crippen LogP contribution in [0.4, 0.5) is 0 Å². The molecule has 3 heteroatoms. The summed E-state index contributed by atoms with van der Waals surface area (Å²) in [6.07, 6.45) is 6.00. The molecule has 0 heterocycles. The lowest BCUT2D eigenvalue weighted by Crippen LogP contribution is -2.31. The minimum absolute atomic E-state index is 0.107. The van der Waals surface area contributed by atoms with Gasteiger partial charge in [-0.15, -0.1) is 0 Å². The van der Waals surface area contributed by atoms with Gasteiger partial charge in [0.25, 0.3) is 0 Å². The van der Waals surface area contributed by atoms with Crippen molar-refractivity contribution >= 4 is 17.3 Å². The van der Waals surface area contributed by atoms with Gasteiger partial charge in [-0.2, -0.15) is 0 Å². The third-order valence-corrected chi connectivity index (χ3v) is 4.52. The molecule has 1 aromatic rings. The van der Waals surface area contributed by atoms with E-state index in [4.69, 9.17) is 0 Å². The summed E-state index contributed by atoms with van der Waals surface area (Å²) in [6.45, 7) is 0. The van der Waals surface area contributed by atoms with Crippen molar-refractivity contribution < 1.29 is 14.4 Å². The summed E-state index contributed by atoms with van der Waals surface area (Å²) in [5, 5.41) is 0. The fraction of sp³-hybridized carbons (Fsp3) is 0.471. The van der Waals surface area contributed by atoms with Crippen molar-refractivity contribution in [3.05, 3.63) is 35.4 Å². The zero-order chi connectivity index (χ0) is 14.1. The Balaban J connectivity index is 1.86. The molecule has 0 bridgehead atoms. The number of hydrogen-bond acceptors (Lipinski definition) is 3. The largest absolute Gasteiger partial charge is 0.298 e. The van der Waals surface area contributed by atoms with Gasteiger partial charge in [-0.25, -0.2) is 0 Å². The lowest BCUT2D eigenvalue weighted by atomic mass is 9.85. The number of fused-ring (bicyclic) bond motifs is 1. The van der Waals surface area contributed by atoms with Crippen molar-refractivity contribution in [3.8, 4) is 0 Å². The van der Waals surface area contributed by atoms with E-state index in [1.165, 1.54) is 0 Å². The predicted octanol–water partition coefficient (Wildman–Crippen LogP) is 3.22. The Labute approximate surface area is 118 Å². The maximum atomic E-state index is 12.6. The molecule has 0 saturated heterocycles. The number of hydrogen-bond donors (Lipinski definition) is 0. The molecule has 1 aromatic carbocycles. The Morgan fingerprint density at radius 2 is 1.35 bits per heavy atom. The molecule has 0 radical (unpaired) electrons. The highest BCUT2D eigenvalue weighted by Crippen LogP contribution is 2.32. The highest BCUT2D eigenvalue weighted by atomic mass is 16.2. The second-order valence-electron chi connectivity index (χ2n) is 5.80. The molecule has 3 nitrogen and oxygen atoms in total. The zero-order valence-corrected chi connectivity index (χ0v) is 11.4. The lowest BCUT2D eigenvalue weighted by molar-refractivity contribution is -0.124. The van der Waals surface area contributed by atoms with Crippen LogP contribution in [-0.2, 0) is 4.79 Å². The molecule has 20 heavy (non-hydrogen) atoms. The summed E-state index contributed by atoms with van der Waals surface area (Å²) in [4.78, 5) is 37.3. The van der Waals surface area contributed by atoms with E-state index in [-0.39, 0.29) is 23.3 Å². The van der Waals surface area contributed by atoms with Crippen LogP contribution in [0.3, 0.4) is 0 Å². The molecule has 0 N–H and O–H groups in total. The molecule has 104 valence electrons. The summed E-state index contributed by atoms with van der Waals surface area (Å²) in [5.41, 5.74) is 0.842. The van der Waals surface area contributed by atoms with E-state index in [0.29, 0.717) is 11.1 Å². The standard InChI is InChI=1S/C17H18O3/c18-15(11-7-3-1-2-4-8-11)14-16(19)12-9-5-6-10-13(12)17(14)20/h5-6,9-11,14H,1-4,7-8H2. The van der Waals surface area contributed by atoms with Crippen LogP contribution in [0.1, 0.15) is 59.2 Å². The summed E-state index contributed by atoms with van der Waals surface area (Å²) < 4.78 is 0. The van der Waals surface area contributed by atoms with Gasteiger partial charge < -0.3 is 0 Å². The topological polar surface area (TPSA) is 51.2 Å². The molecular weight excluding hydrogens is 252 g/mol. The predicted molar refractivity (Wildman–Crippen MR) is 74.8 cm³/mol. The van der Waals surface area contributed by atoms with Gasteiger partial charge in [0.2, 0.25) is 0 Å². The van der Waals surface area contributed by atoms with Gasteiger partial charge in [-0.1, -0.05) is 49.9 Å². The minimum Gasteiger partial charge on any atom is -0.298 e. The number of Topliss-reactive ketones (excluding diaryl/α,β-unsaturated/α-hetero) is 3. The van der Waals surface area contributed by atoms with Crippen LogP contribution in [0.25, 0.3) is 0 Å². The normalized spacial score (nSPS) is 20.8. The van der Waals surface area contributed by atoms with E-state index >= 15 is 0 Å². The lowest BCUT2D eigenvalue weighted by Gasteiger charge is -2.15. The molecule has 1 fully saturated rings. The molecule has 2 aliphatic carbocycles. The average Bonchev–Trinajstić information content (AvgIpc) is 2.68. The van der Waals surface area contributed by atoms with Crippen LogP contribution in [0.2, 0.25) is 0 Å². The Hall–Kier alpha value is -1.77. The zero-order valence-electron chi connectivity index (χ0n) is 11.4. The van der Waals surface area contributed by atoms with Gasteiger partial charge in [0.05, 0.1) is 0 Å². The van der Waals surface area contributed by atoms with Gasteiger partial charge in [0.15, 0.2) is 17.3 Å². The molecule has 0 aliphatic heterocycles. The van der Waals surface area contributed by atoms with Gasteiger partial charge >= 0.3 is 0 Å². The molecule has 0 amide bonds. The second-order valence-corrected chi connectivity index (χ2v) is 5.80. The fourth-order valence-electron chi connectivity index (χ4n) is 3.40. The first kappa shape index (κ1) is 13.2. The number of carbonyl (C=O) groups is 3. The first-order valence-corrected chi connectivity index (χ1v) is 7.41. The third-order valence-electron chi connectivity index (χ3n) is 4.52. The van der Waals surface area contributed by atoms with Crippen molar-refractivity contribution in [2.45, 2.75) is 38.5 Å². The summed E-state index contributed by atoms with van der Waals surface area (Å²) in [7, 11) is 0. The van der Waals surface area contributed by atoms with Crippen molar-refractivity contribution in [2.24, 2.45) is 11.8 Å². The van der Waals surface area contributed by atoms with Crippen molar-refractivity contribution in [3.63, 3.8) is 0 Å². The Kier molecular flexibility index (Phi) is 3.51. The van der Waals surface area contributed by atoms with E-state index in [1.54, 1.807) is 24.3 Å². The maximum Gasteiger partial charge on any atom is 0.181 e. The number of benzene rings is 1. The monoisotopic (exact) mass is 270 g/mol. The highest BCUT2D eigenvalue weighted by molar-refractivity contribution is 6.35. The van der Waals surface area contributed by atoms with Gasteiger partial charge in [0.1, 0.15) is 5.92 Å². The number of ketones is 3. The van der Waals surface area contributed by atoms with E-state index in [0.717, 1.165) is 38.5 Å². The highest BCUT2D eigenvalue weighted by Gasteiger charge is 2.44. The molecule has 0 unspecified atom stereocenters. The maximum absolute atomic E-state index is 12.6. The van der Waals surface area contributed by atoms with Gasteiger partial charge in [0, 0.05) is 17.0 Å². The number of carbonyl (C=O) groups excluding carboxylic acids is 3. The van der Waals surface area contributed by atoms with Gasteiger partial charge in [-0.05, 0) is 12.8 Å². The SMILES string of the molecule is O=C1c2ccccc2C(=O)C1C(=O)C1CCCCCC1. The average molecular weight is 270 g/mol. The number of rotatable bonds is 2. The Morgan fingerprint density at radius 3 is 1.85 bits per heavy atom. The van der Waals surface area contributed by atoms with Crippen LogP contribution in [0.15, 0.2) is 24.3 Å². The molecule has 0 spiro atoms. The minimum atomic E-state index is -1.06. The van der Waals surface area contributed by atoms with E-state index in [1.807, 2.05) is 0 Å². The van der Waals surface area contributed by atoms with Gasteiger partial charge in [-0.3, -0.25) is 14.4 Å². The molecule has 0 atom stereocenters. The van der Waals surface area contributed by atoms with Crippen LogP contribution >= 0.6 is 0 Å². The molecular formula is C17H18O3. The molecule has 0 aromatic heterocycles. The quantitative estimate of drug-likeness (QED) is 0.612. The summed E-state index contributed by atoms with van der Waals surface area (Å²) in [6, 6.07) is 6.77. The fourth-order valence-corrected chi connectivity index (χ4v) is 3.40. The third kappa shape index (κ3) is 2.11. The molecule has 2 aliphatic rings. The van der Waals surface area contributed by atoms with E-state index < -0.39 is 5.92 Å². The van der Waals surface area contributed by atoms with Crippen LogP contribution in [0, 0.1) is 11.8 Å². The van der Waals surface area contributed by atoms with Crippen LogP contribution in [0.5, 0.6) is 0 Å². The van der Waals surface area contributed by atoms with E-state index in [9.17, 15) is 14.4 Å². The molecule has 1 saturated carbocycles. The van der Waals surface area contributed by atoms with Crippen molar-refractivity contribution in [1.82, 2.24) is 0 Å². The first-order valence-electron chi connectivity index (χ1n) is 7.41. The summed E-state index contributed by atoms with van der Waals surface area (Å²) in [5.74, 6) is -1.89. The first-order chi connectivity index (χ1) is 9.70. The van der Waals surface area contributed by atoms with Crippen molar-refractivity contribution in [1.29, 1.82) is 0 Å².